The molecular formula is C14H15NO4. The van der Waals surface area contributed by atoms with E-state index in [0.717, 1.165) is 10.9 Å². The first-order valence-corrected chi connectivity index (χ1v) is 5.81. The Labute approximate surface area is 110 Å². The van der Waals surface area contributed by atoms with E-state index in [1.807, 2.05) is 35.9 Å². The first kappa shape index (κ1) is 13.1. The summed E-state index contributed by atoms with van der Waals surface area (Å²) in [4.78, 5) is 23.4. The van der Waals surface area contributed by atoms with Gasteiger partial charge in [0.15, 0.2) is 0 Å². The van der Waals surface area contributed by atoms with E-state index in [4.69, 9.17) is 4.74 Å². The second-order valence-electron chi connectivity index (χ2n) is 4.14. The minimum absolute atomic E-state index is 0.0338. The molecule has 0 aliphatic rings. The number of esters is 2. The van der Waals surface area contributed by atoms with Gasteiger partial charge >= 0.3 is 11.9 Å². The lowest BCUT2D eigenvalue weighted by Crippen LogP contribution is -2.13. The molecular weight excluding hydrogens is 246 g/mol. The van der Waals surface area contributed by atoms with Crippen molar-refractivity contribution in [2.24, 2.45) is 7.05 Å². The molecule has 1 aromatic heterocycles. The van der Waals surface area contributed by atoms with Crippen molar-refractivity contribution in [2.75, 3.05) is 14.2 Å². The number of carbonyl (C=O) groups excluding carboxylic acids is 2. The van der Waals surface area contributed by atoms with Gasteiger partial charge in [0, 0.05) is 23.6 Å². The van der Waals surface area contributed by atoms with Gasteiger partial charge in [0.1, 0.15) is 0 Å². The largest absolute Gasteiger partial charge is 0.469 e. The van der Waals surface area contributed by atoms with Crippen molar-refractivity contribution in [2.45, 2.75) is 6.42 Å². The molecule has 0 N–H and O–H groups in total. The molecule has 0 amide bonds. The summed E-state index contributed by atoms with van der Waals surface area (Å²) in [5.41, 5.74) is 1.90. The molecule has 1 heterocycles. The Balaban J connectivity index is 2.69. The number of aryl methyl sites for hydroxylation is 1. The normalized spacial score (nSPS) is 10.5. The van der Waals surface area contributed by atoms with Crippen LogP contribution < -0.4 is 0 Å². The quantitative estimate of drug-likeness (QED) is 0.789. The Kier molecular flexibility index (Phi) is 3.55. The maximum atomic E-state index is 11.9. The van der Waals surface area contributed by atoms with E-state index < -0.39 is 11.9 Å². The number of aromatic nitrogens is 1. The van der Waals surface area contributed by atoms with Crippen molar-refractivity contribution >= 4 is 22.8 Å². The van der Waals surface area contributed by atoms with E-state index in [9.17, 15) is 9.59 Å². The van der Waals surface area contributed by atoms with E-state index in [0.29, 0.717) is 11.3 Å². The molecule has 19 heavy (non-hydrogen) atoms. The summed E-state index contributed by atoms with van der Waals surface area (Å²) in [7, 11) is 4.46. The van der Waals surface area contributed by atoms with Crippen LogP contribution in [-0.2, 0) is 27.7 Å². The van der Waals surface area contributed by atoms with Gasteiger partial charge in [-0.25, -0.2) is 4.79 Å². The van der Waals surface area contributed by atoms with Gasteiger partial charge in [-0.2, -0.15) is 0 Å². The highest BCUT2D eigenvalue weighted by Crippen LogP contribution is 2.26. The monoisotopic (exact) mass is 261 g/mol. The zero-order chi connectivity index (χ0) is 14.0. The molecule has 2 aromatic rings. The fourth-order valence-electron chi connectivity index (χ4n) is 2.19. The van der Waals surface area contributed by atoms with Crippen LogP contribution in [0.15, 0.2) is 24.3 Å². The molecule has 5 heteroatoms. The second-order valence-corrected chi connectivity index (χ2v) is 4.14. The third kappa shape index (κ3) is 2.19. The molecule has 0 atom stereocenters. The molecule has 0 radical (unpaired) electrons. The summed E-state index contributed by atoms with van der Waals surface area (Å²) >= 11 is 0. The van der Waals surface area contributed by atoms with E-state index in [1.165, 1.54) is 14.2 Å². The Hall–Kier alpha value is -2.30. The zero-order valence-corrected chi connectivity index (χ0v) is 11.1. The maximum absolute atomic E-state index is 11.9. The molecule has 0 saturated heterocycles. The fourth-order valence-corrected chi connectivity index (χ4v) is 2.19. The molecule has 0 fully saturated rings. The number of hydrogen-bond donors (Lipinski definition) is 0. The summed E-state index contributed by atoms with van der Waals surface area (Å²) in [5, 5.41) is 0.774. The van der Waals surface area contributed by atoms with Gasteiger partial charge in [-0.1, -0.05) is 18.2 Å². The predicted molar refractivity (Wildman–Crippen MR) is 70.0 cm³/mol. The zero-order valence-electron chi connectivity index (χ0n) is 11.1. The molecule has 0 saturated carbocycles. The summed E-state index contributed by atoms with van der Waals surface area (Å²) in [5.74, 6) is -0.841. The fraction of sp³-hybridized carbons (Fsp3) is 0.286. The minimum atomic E-state index is -0.448. The topological polar surface area (TPSA) is 57.5 Å². The van der Waals surface area contributed by atoms with Crippen LogP contribution >= 0.6 is 0 Å². The standard InChI is InChI=1S/C14H15NO4/c1-15-10-7-5-4-6-9(10)13(14(17)19-3)11(15)8-12(16)18-2/h4-7H,8H2,1-3H3. The summed E-state index contributed by atoms with van der Waals surface area (Å²) < 4.78 is 11.3. The summed E-state index contributed by atoms with van der Waals surface area (Å²) in [6, 6.07) is 7.45. The smallest absolute Gasteiger partial charge is 0.340 e. The maximum Gasteiger partial charge on any atom is 0.340 e. The lowest BCUT2D eigenvalue weighted by molar-refractivity contribution is -0.139. The van der Waals surface area contributed by atoms with Crippen LogP contribution in [0.3, 0.4) is 0 Å². The van der Waals surface area contributed by atoms with Crippen LogP contribution in [0.1, 0.15) is 16.1 Å². The van der Waals surface area contributed by atoms with E-state index in [-0.39, 0.29) is 6.42 Å². The van der Waals surface area contributed by atoms with Crippen molar-refractivity contribution in [3.05, 3.63) is 35.5 Å². The van der Waals surface area contributed by atoms with Crippen molar-refractivity contribution in [1.29, 1.82) is 0 Å². The average molecular weight is 261 g/mol. The summed E-state index contributed by atoms with van der Waals surface area (Å²) in [6.07, 6.45) is 0.0338. The number of fused-ring (bicyclic) bond motifs is 1. The first-order valence-electron chi connectivity index (χ1n) is 5.81. The Morgan fingerprint density at radius 2 is 1.84 bits per heavy atom. The van der Waals surface area contributed by atoms with Crippen molar-refractivity contribution in [1.82, 2.24) is 4.57 Å². The third-order valence-corrected chi connectivity index (χ3v) is 3.16. The van der Waals surface area contributed by atoms with Gasteiger partial charge < -0.3 is 14.0 Å². The number of hydrogen-bond acceptors (Lipinski definition) is 4. The van der Waals surface area contributed by atoms with Crippen LogP contribution in [-0.4, -0.2) is 30.7 Å². The highest BCUT2D eigenvalue weighted by molar-refractivity contribution is 6.06. The lowest BCUT2D eigenvalue weighted by atomic mass is 10.1. The number of carbonyl (C=O) groups is 2. The van der Waals surface area contributed by atoms with Gasteiger partial charge in [-0.05, 0) is 6.07 Å². The van der Waals surface area contributed by atoms with Crippen molar-refractivity contribution in [3.63, 3.8) is 0 Å². The molecule has 1 aromatic carbocycles. The molecule has 0 unspecified atom stereocenters. The number of methoxy groups -OCH3 is 2. The van der Waals surface area contributed by atoms with Crippen LogP contribution in [0.4, 0.5) is 0 Å². The third-order valence-electron chi connectivity index (χ3n) is 3.16. The van der Waals surface area contributed by atoms with Gasteiger partial charge in [-0.15, -0.1) is 0 Å². The average Bonchev–Trinajstić information content (AvgIpc) is 2.71. The second kappa shape index (κ2) is 5.14. The molecule has 5 nitrogen and oxygen atoms in total. The molecule has 0 bridgehead atoms. The molecule has 0 aliphatic carbocycles. The number of para-hydroxylation sites is 1. The van der Waals surface area contributed by atoms with Gasteiger partial charge in [0.2, 0.25) is 0 Å². The number of benzene rings is 1. The van der Waals surface area contributed by atoms with Crippen molar-refractivity contribution < 1.29 is 19.1 Å². The molecule has 0 spiro atoms. The van der Waals surface area contributed by atoms with Gasteiger partial charge in [0.05, 0.1) is 26.2 Å². The highest BCUT2D eigenvalue weighted by Gasteiger charge is 2.23. The van der Waals surface area contributed by atoms with E-state index in [1.54, 1.807) is 0 Å². The predicted octanol–water partition coefficient (Wildman–Crippen LogP) is 1.68. The molecule has 100 valence electrons. The minimum Gasteiger partial charge on any atom is -0.469 e. The number of ether oxygens (including phenoxy) is 2. The Morgan fingerprint density at radius 1 is 1.16 bits per heavy atom. The number of rotatable bonds is 3. The van der Waals surface area contributed by atoms with Gasteiger partial charge in [0.25, 0.3) is 0 Å². The van der Waals surface area contributed by atoms with Gasteiger partial charge in [-0.3, -0.25) is 4.79 Å². The van der Waals surface area contributed by atoms with Crippen LogP contribution in [0.25, 0.3) is 10.9 Å². The Morgan fingerprint density at radius 3 is 2.47 bits per heavy atom. The molecule has 2 rings (SSSR count). The van der Waals surface area contributed by atoms with Crippen LogP contribution in [0.5, 0.6) is 0 Å². The SMILES string of the molecule is COC(=O)Cc1c(C(=O)OC)c2ccccc2n1C. The van der Waals surface area contributed by atoms with E-state index >= 15 is 0 Å². The summed E-state index contributed by atoms with van der Waals surface area (Å²) in [6.45, 7) is 0. The van der Waals surface area contributed by atoms with Crippen LogP contribution in [0, 0.1) is 0 Å². The highest BCUT2D eigenvalue weighted by atomic mass is 16.5. The van der Waals surface area contributed by atoms with E-state index in [2.05, 4.69) is 4.74 Å². The lowest BCUT2D eigenvalue weighted by Gasteiger charge is -2.05. The number of nitrogens with zero attached hydrogens (tertiary/aromatic N) is 1. The molecule has 0 aliphatic heterocycles. The first-order chi connectivity index (χ1) is 9.10. The Bertz CT molecular complexity index is 642. The van der Waals surface area contributed by atoms with Crippen LogP contribution in [0.2, 0.25) is 0 Å². The van der Waals surface area contributed by atoms with Crippen molar-refractivity contribution in [3.8, 4) is 0 Å².